The van der Waals surface area contributed by atoms with Crippen molar-refractivity contribution in [3.63, 3.8) is 0 Å². The number of aliphatic hydroxyl groups excluding tert-OH is 1. The molecule has 1 aromatic carbocycles. The number of hydrogen-bond donors (Lipinski definition) is 1. The predicted molar refractivity (Wildman–Crippen MR) is 83.9 cm³/mol. The smallest absolute Gasteiger partial charge is 0.0916 e. The third-order valence-corrected chi connectivity index (χ3v) is 4.31. The second-order valence-electron chi connectivity index (χ2n) is 6.17. The lowest BCUT2D eigenvalue weighted by atomic mass is 10.0. The van der Waals surface area contributed by atoms with Gasteiger partial charge >= 0.3 is 0 Å². The molecule has 1 saturated heterocycles. The molecule has 3 heteroatoms. The number of aryl methyl sites for hydroxylation is 1. The van der Waals surface area contributed by atoms with Crippen molar-refractivity contribution >= 4 is 0 Å². The predicted octanol–water partition coefficient (Wildman–Crippen LogP) is 2.31. The van der Waals surface area contributed by atoms with E-state index in [0.717, 1.165) is 31.6 Å². The quantitative estimate of drug-likeness (QED) is 0.864. The molecule has 0 spiro atoms. The van der Waals surface area contributed by atoms with Crippen LogP contribution < -0.4 is 0 Å². The van der Waals surface area contributed by atoms with Crippen molar-refractivity contribution < 1.29 is 5.11 Å². The summed E-state index contributed by atoms with van der Waals surface area (Å²) >= 11 is 0. The van der Waals surface area contributed by atoms with E-state index in [1.165, 1.54) is 18.4 Å². The monoisotopic (exact) mass is 276 g/mol. The van der Waals surface area contributed by atoms with E-state index in [4.69, 9.17) is 0 Å². The summed E-state index contributed by atoms with van der Waals surface area (Å²) in [6.45, 7) is 5.10. The molecule has 0 saturated carbocycles. The number of rotatable bonds is 6. The van der Waals surface area contributed by atoms with Crippen LogP contribution in [-0.2, 0) is 6.42 Å². The summed E-state index contributed by atoms with van der Waals surface area (Å²) in [5, 5.41) is 10.4. The van der Waals surface area contributed by atoms with Crippen LogP contribution in [-0.4, -0.2) is 54.7 Å². The van der Waals surface area contributed by atoms with Crippen LogP contribution in [0.1, 0.15) is 37.0 Å². The first-order valence-corrected chi connectivity index (χ1v) is 7.75. The average molecular weight is 276 g/mol. The van der Waals surface area contributed by atoms with E-state index < -0.39 is 0 Å². The Bertz CT molecular complexity index is 402. The zero-order valence-electron chi connectivity index (χ0n) is 13.0. The van der Waals surface area contributed by atoms with Gasteiger partial charge in [-0.15, -0.1) is 0 Å². The molecule has 0 amide bonds. The molecular weight excluding hydrogens is 248 g/mol. The zero-order valence-corrected chi connectivity index (χ0v) is 13.0. The fraction of sp³-hybridized carbons (Fsp3) is 0.647. The Morgan fingerprint density at radius 2 is 2.00 bits per heavy atom. The SMILES string of the molecule is CCCc1ccc(C(O)CN2CCC(N(C)C)C2)cc1. The number of hydrogen-bond acceptors (Lipinski definition) is 3. The highest BCUT2D eigenvalue weighted by atomic mass is 16.3. The Balaban J connectivity index is 1.87. The van der Waals surface area contributed by atoms with Gasteiger partial charge < -0.3 is 10.0 Å². The molecule has 1 fully saturated rings. The van der Waals surface area contributed by atoms with Crippen molar-refractivity contribution in [3.8, 4) is 0 Å². The van der Waals surface area contributed by atoms with Crippen molar-refractivity contribution in [1.82, 2.24) is 9.80 Å². The molecule has 20 heavy (non-hydrogen) atoms. The molecular formula is C17H28N2O. The highest BCUT2D eigenvalue weighted by molar-refractivity contribution is 5.24. The molecule has 1 aromatic rings. The maximum atomic E-state index is 10.4. The second-order valence-corrected chi connectivity index (χ2v) is 6.17. The Morgan fingerprint density at radius 1 is 1.30 bits per heavy atom. The third kappa shape index (κ3) is 4.05. The number of aliphatic hydroxyl groups is 1. The number of benzene rings is 1. The second kappa shape index (κ2) is 7.21. The molecule has 112 valence electrons. The first-order chi connectivity index (χ1) is 9.60. The Labute approximate surface area is 123 Å². The number of nitrogens with zero attached hydrogens (tertiary/aromatic N) is 2. The van der Waals surface area contributed by atoms with E-state index in [1.807, 2.05) is 0 Å². The molecule has 0 aliphatic carbocycles. The van der Waals surface area contributed by atoms with Gasteiger partial charge in [-0.05, 0) is 44.6 Å². The largest absolute Gasteiger partial charge is 0.387 e. The molecule has 2 atom stereocenters. The summed E-state index contributed by atoms with van der Waals surface area (Å²) in [6, 6.07) is 9.09. The van der Waals surface area contributed by atoms with E-state index in [-0.39, 0.29) is 6.10 Å². The van der Waals surface area contributed by atoms with E-state index in [0.29, 0.717) is 6.04 Å². The minimum atomic E-state index is -0.369. The maximum absolute atomic E-state index is 10.4. The average Bonchev–Trinajstić information content (AvgIpc) is 2.88. The summed E-state index contributed by atoms with van der Waals surface area (Å²) in [4.78, 5) is 4.65. The molecule has 1 aliphatic heterocycles. The normalized spacial score (nSPS) is 21.6. The van der Waals surface area contributed by atoms with Gasteiger partial charge in [0.15, 0.2) is 0 Å². The minimum absolute atomic E-state index is 0.369. The Morgan fingerprint density at radius 3 is 2.55 bits per heavy atom. The summed E-state index contributed by atoms with van der Waals surface area (Å²) in [6.07, 6.45) is 3.12. The van der Waals surface area contributed by atoms with Gasteiger partial charge in [-0.2, -0.15) is 0 Å². The van der Waals surface area contributed by atoms with Crippen molar-refractivity contribution in [1.29, 1.82) is 0 Å². The standard InChI is InChI=1S/C17H28N2O/c1-4-5-14-6-8-15(9-7-14)17(20)13-19-11-10-16(12-19)18(2)3/h6-9,16-17,20H,4-5,10-13H2,1-3H3. The van der Waals surface area contributed by atoms with Gasteiger partial charge in [-0.1, -0.05) is 37.6 Å². The van der Waals surface area contributed by atoms with Gasteiger partial charge in [0, 0.05) is 19.1 Å². The van der Waals surface area contributed by atoms with Crippen LogP contribution in [0, 0.1) is 0 Å². The lowest BCUT2D eigenvalue weighted by molar-refractivity contribution is 0.122. The number of likely N-dealkylation sites (N-methyl/N-ethyl adjacent to an activating group) is 1. The van der Waals surface area contributed by atoms with Crippen LogP contribution in [0.25, 0.3) is 0 Å². The van der Waals surface area contributed by atoms with Crippen molar-refractivity contribution in [2.24, 2.45) is 0 Å². The van der Waals surface area contributed by atoms with E-state index in [9.17, 15) is 5.11 Å². The number of β-amino-alcohol motifs (C(OH)–C–C–N with tert-alkyl or cyclic N) is 1. The topological polar surface area (TPSA) is 26.7 Å². The summed E-state index contributed by atoms with van der Waals surface area (Å²) in [5.74, 6) is 0. The van der Waals surface area contributed by atoms with Gasteiger partial charge in [-0.25, -0.2) is 0 Å². The number of likely N-dealkylation sites (tertiary alicyclic amines) is 1. The Kier molecular flexibility index (Phi) is 5.58. The lowest BCUT2D eigenvalue weighted by Gasteiger charge is -2.22. The van der Waals surface area contributed by atoms with Gasteiger partial charge in [0.1, 0.15) is 0 Å². The van der Waals surface area contributed by atoms with Crippen molar-refractivity contribution in [2.45, 2.75) is 38.3 Å². The summed E-state index contributed by atoms with van der Waals surface area (Å²) in [5.41, 5.74) is 2.40. The fourth-order valence-corrected chi connectivity index (χ4v) is 2.94. The molecule has 1 aliphatic rings. The highest BCUT2D eigenvalue weighted by Crippen LogP contribution is 2.20. The van der Waals surface area contributed by atoms with Crippen LogP contribution in [0.4, 0.5) is 0 Å². The van der Waals surface area contributed by atoms with Crippen molar-refractivity contribution in [3.05, 3.63) is 35.4 Å². The van der Waals surface area contributed by atoms with Gasteiger partial charge in [0.2, 0.25) is 0 Å². The van der Waals surface area contributed by atoms with E-state index >= 15 is 0 Å². The van der Waals surface area contributed by atoms with Crippen molar-refractivity contribution in [2.75, 3.05) is 33.7 Å². The van der Waals surface area contributed by atoms with Crippen LogP contribution in [0.2, 0.25) is 0 Å². The Hall–Kier alpha value is -0.900. The summed E-state index contributed by atoms with van der Waals surface area (Å²) < 4.78 is 0. The van der Waals surface area contributed by atoms with E-state index in [1.54, 1.807) is 0 Å². The van der Waals surface area contributed by atoms with Gasteiger partial charge in [-0.3, -0.25) is 4.90 Å². The molecule has 1 N–H and O–H groups in total. The maximum Gasteiger partial charge on any atom is 0.0916 e. The van der Waals surface area contributed by atoms with Gasteiger partial charge in [0.05, 0.1) is 6.10 Å². The lowest BCUT2D eigenvalue weighted by Crippen LogP contribution is -2.33. The summed E-state index contributed by atoms with van der Waals surface area (Å²) in [7, 11) is 4.27. The molecule has 2 rings (SSSR count). The fourth-order valence-electron chi connectivity index (χ4n) is 2.94. The van der Waals surface area contributed by atoms with Gasteiger partial charge in [0.25, 0.3) is 0 Å². The molecule has 2 unspecified atom stereocenters. The van der Waals surface area contributed by atoms with Crippen LogP contribution in [0.3, 0.4) is 0 Å². The zero-order chi connectivity index (χ0) is 14.5. The first kappa shape index (κ1) is 15.5. The first-order valence-electron chi connectivity index (χ1n) is 7.75. The van der Waals surface area contributed by atoms with Crippen LogP contribution >= 0.6 is 0 Å². The molecule has 3 nitrogen and oxygen atoms in total. The van der Waals surface area contributed by atoms with E-state index in [2.05, 4.69) is 55.1 Å². The molecule has 0 radical (unpaired) electrons. The molecule has 0 aromatic heterocycles. The van der Waals surface area contributed by atoms with Crippen LogP contribution in [0.5, 0.6) is 0 Å². The highest BCUT2D eigenvalue weighted by Gasteiger charge is 2.25. The van der Waals surface area contributed by atoms with Crippen LogP contribution in [0.15, 0.2) is 24.3 Å². The molecule has 0 bridgehead atoms. The third-order valence-electron chi connectivity index (χ3n) is 4.31. The molecule has 1 heterocycles. The minimum Gasteiger partial charge on any atom is -0.387 e.